The molecule has 2 rings (SSSR count). The summed E-state index contributed by atoms with van der Waals surface area (Å²) < 4.78 is 13.0. The maximum Gasteiger partial charge on any atom is 0.183 e. The third-order valence-corrected chi connectivity index (χ3v) is 4.62. The van der Waals surface area contributed by atoms with Crippen molar-refractivity contribution in [3.05, 3.63) is 45.2 Å². The minimum atomic E-state index is 0.224. The lowest BCUT2D eigenvalue weighted by Gasteiger charge is -2.13. The Bertz CT molecular complexity index is 549. The van der Waals surface area contributed by atoms with Gasteiger partial charge in [0.05, 0.1) is 17.1 Å². The largest absolute Gasteiger partial charge is 0.491 e. The highest BCUT2D eigenvalue weighted by atomic mass is 79.9. The van der Waals surface area contributed by atoms with Crippen LogP contribution in [0.5, 0.6) is 5.75 Å². The average Bonchev–Trinajstić information content (AvgIpc) is 2.76. The number of hydrogen-bond acceptors (Lipinski definition) is 3. The predicted molar refractivity (Wildman–Crippen MR) is 88.3 cm³/mol. The molecule has 1 unspecified atom stereocenters. The van der Waals surface area contributed by atoms with E-state index in [-0.39, 0.29) is 6.10 Å². The quantitative estimate of drug-likeness (QED) is 0.683. The molecule has 0 fully saturated rings. The number of ether oxygens (including phenoxy) is 1. The topological polar surface area (TPSA) is 34.4 Å². The molecule has 0 spiro atoms. The van der Waals surface area contributed by atoms with E-state index in [1.54, 1.807) is 0 Å². The van der Waals surface area contributed by atoms with E-state index in [0.717, 1.165) is 28.1 Å². The first-order valence-corrected chi connectivity index (χ1v) is 8.11. The van der Waals surface area contributed by atoms with E-state index in [4.69, 9.17) is 9.15 Å². The van der Waals surface area contributed by atoms with E-state index in [0.29, 0.717) is 11.2 Å². The third kappa shape index (κ3) is 4.28. The zero-order chi connectivity index (χ0) is 14.5. The van der Waals surface area contributed by atoms with Gasteiger partial charge >= 0.3 is 0 Å². The minimum absolute atomic E-state index is 0.224. The van der Waals surface area contributed by atoms with Crippen LogP contribution in [0, 0.1) is 0 Å². The lowest BCUT2D eigenvalue weighted by atomic mass is 10.2. The highest BCUT2D eigenvalue weighted by molar-refractivity contribution is 9.13. The van der Waals surface area contributed by atoms with Crippen molar-refractivity contribution in [3.8, 4) is 5.75 Å². The SMILES string of the molecule is CCC(C)Oc1cccc(NCc2cc(Br)c(Br)o2)c1. The standard InChI is InChI=1S/C15H17Br2NO2/c1-3-10(2)19-12-6-4-5-11(7-12)18-9-13-8-14(16)15(17)20-13/h4-8,10,18H,3,9H2,1-2H3. The van der Waals surface area contributed by atoms with E-state index in [1.165, 1.54) is 0 Å². The first-order chi connectivity index (χ1) is 9.58. The Morgan fingerprint density at radius 3 is 2.75 bits per heavy atom. The van der Waals surface area contributed by atoms with E-state index in [9.17, 15) is 0 Å². The van der Waals surface area contributed by atoms with E-state index < -0.39 is 0 Å². The van der Waals surface area contributed by atoms with Gasteiger partial charge in [-0.2, -0.15) is 0 Å². The van der Waals surface area contributed by atoms with Gasteiger partial charge in [-0.25, -0.2) is 0 Å². The number of hydrogen-bond donors (Lipinski definition) is 1. The van der Waals surface area contributed by atoms with Gasteiger partial charge in [0.15, 0.2) is 4.67 Å². The fourth-order valence-electron chi connectivity index (χ4n) is 1.66. The molecule has 1 aromatic carbocycles. The molecule has 108 valence electrons. The zero-order valence-electron chi connectivity index (χ0n) is 11.5. The highest BCUT2D eigenvalue weighted by Crippen LogP contribution is 2.27. The summed E-state index contributed by atoms with van der Waals surface area (Å²) in [6.45, 7) is 4.80. The van der Waals surface area contributed by atoms with Crippen molar-refractivity contribution < 1.29 is 9.15 Å². The second-order valence-corrected chi connectivity index (χ2v) is 6.13. The molecule has 0 aliphatic carbocycles. The van der Waals surface area contributed by atoms with Gasteiger partial charge in [-0.05, 0) is 63.4 Å². The Morgan fingerprint density at radius 1 is 1.30 bits per heavy atom. The van der Waals surface area contributed by atoms with Crippen LogP contribution < -0.4 is 10.1 Å². The zero-order valence-corrected chi connectivity index (χ0v) is 14.6. The Morgan fingerprint density at radius 2 is 2.10 bits per heavy atom. The number of nitrogens with one attached hydrogen (secondary N) is 1. The second-order valence-electron chi connectivity index (χ2n) is 4.55. The van der Waals surface area contributed by atoms with Crippen molar-refractivity contribution in [1.29, 1.82) is 0 Å². The third-order valence-electron chi connectivity index (χ3n) is 2.91. The lowest BCUT2D eigenvalue weighted by molar-refractivity contribution is 0.217. The summed E-state index contributed by atoms with van der Waals surface area (Å²) in [4.78, 5) is 0. The van der Waals surface area contributed by atoms with E-state index in [1.807, 2.05) is 30.3 Å². The summed E-state index contributed by atoms with van der Waals surface area (Å²) >= 11 is 6.73. The molecule has 1 N–H and O–H groups in total. The van der Waals surface area contributed by atoms with Crippen LogP contribution in [-0.4, -0.2) is 6.10 Å². The Kier molecular flexibility index (Phi) is 5.54. The van der Waals surface area contributed by atoms with Crippen LogP contribution in [0.1, 0.15) is 26.0 Å². The van der Waals surface area contributed by atoms with Gasteiger partial charge in [0.1, 0.15) is 11.5 Å². The summed E-state index contributed by atoms with van der Waals surface area (Å²) in [5.74, 6) is 1.74. The van der Waals surface area contributed by atoms with E-state index in [2.05, 4.69) is 51.0 Å². The second kappa shape index (κ2) is 7.18. The highest BCUT2D eigenvalue weighted by Gasteiger charge is 2.06. The fraction of sp³-hybridized carbons (Fsp3) is 0.333. The van der Waals surface area contributed by atoms with Crippen LogP contribution in [-0.2, 0) is 6.54 Å². The van der Waals surface area contributed by atoms with Crippen molar-refractivity contribution in [2.24, 2.45) is 0 Å². The molecule has 1 aromatic heterocycles. The molecule has 20 heavy (non-hydrogen) atoms. The van der Waals surface area contributed by atoms with Crippen molar-refractivity contribution >= 4 is 37.5 Å². The van der Waals surface area contributed by atoms with Gasteiger partial charge in [-0.3, -0.25) is 0 Å². The average molecular weight is 403 g/mol. The number of anilines is 1. The summed E-state index contributed by atoms with van der Waals surface area (Å²) in [7, 11) is 0. The molecular weight excluding hydrogens is 386 g/mol. The Hall–Kier alpha value is -0.940. The summed E-state index contributed by atoms with van der Waals surface area (Å²) in [5, 5.41) is 3.32. The normalized spacial score (nSPS) is 12.2. The van der Waals surface area contributed by atoms with Crippen molar-refractivity contribution in [2.45, 2.75) is 32.9 Å². The van der Waals surface area contributed by atoms with Gasteiger partial charge in [0.25, 0.3) is 0 Å². The molecular formula is C15H17Br2NO2. The summed E-state index contributed by atoms with van der Waals surface area (Å²) in [6.07, 6.45) is 1.22. The van der Waals surface area contributed by atoms with Gasteiger partial charge in [-0.1, -0.05) is 13.0 Å². The Balaban J connectivity index is 1.97. The molecule has 0 saturated heterocycles. The fourth-order valence-corrected chi connectivity index (χ4v) is 2.32. The van der Waals surface area contributed by atoms with E-state index >= 15 is 0 Å². The number of rotatable bonds is 6. The van der Waals surface area contributed by atoms with Gasteiger partial charge < -0.3 is 14.5 Å². The molecule has 0 bridgehead atoms. The predicted octanol–water partition coefficient (Wildman–Crippen LogP) is 5.59. The van der Waals surface area contributed by atoms with Crippen molar-refractivity contribution in [2.75, 3.05) is 5.32 Å². The first kappa shape index (κ1) is 15.4. The van der Waals surface area contributed by atoms with Crippen LogP contribution in [0.4, 0.5) is 5.69 Å². The van der Waals surface area contributed by atoms with Crippen LogP contribution in [0.25, 0.3) is 0 Å². The van der Waals surface area contributed by atoms with Gasteiger partial charge in [0.2, 0.25) is 0 Å². The maximum absolute atomic E-state index is 5.80. The molecule has 1 atom stereocenters. The van der Waals surface area contributed by atoms with Gasteiger partial charge in [-0.15, -0.1) is 0 Å². The molecule has 0 aliphatic rings. The molecule has 0 amide bonds. The Labute approximate surface area is 136 Å². The van der Waals surface area contributed by atoms with Gasteiger partial charge in [0, 0.05) is 11.8 Å². The summed E-state index contributed by atoms with van der Waals surface area (Å²) in [6, 6.07) is 9.90. The number of halogens is 2. The van der Waals surface area contributed by atoms with Crippen molar-refractivity contribution in [3.63, 3.8) is 0 Å². The maximum atomic E-state index is 5.80. The number of benzene rings is 1. The van der Waals surface area contributed by atoms with Crippen LogP contribution in [0.15, 0.2) is 43.9 Å². The smallest absolute Gasteiger partial charge is 0.183 e. The van der Waals surface area contributed by atoms with Crippen molar-refractivity contribution in [1.82, 2.24) is 0 Å². The monoisotopic (exact) mass is 401 g/mol. The lowest BCUT2D eigenvalue weighted by Crippen LogP contribution is -2.09. The minimum Gasteiger partial charge on any atom is -0.491 e. The molecule has 5 heteroatoms. The molecule has 0 radical (unpaired) electrons. The molecule has 3 nitrogen and oxygen atoms in total. The molecule has 0 saturated carbocycles. The van der Waals surface area contributed by atoms with Crippen LogP contribution in [0.2, 0.25) is 0 Å². The molecule has 0 aliphatic heterocycles. The van der Waals surface area contributed by atoms with Crippen LogP contribution in [0.3, 0.4) is 0 Å². The number of furan rings is 1. The summed E-state index contributed by atoms with van der Waals surface area (Å²) in [5.41, 5.74) is 1.01. The van der Waals surface area contributed by atoms with Crippen LogP contribution >= 0.6 is 31.9 Å². The molecule has 1 heterocycles. The molecule has 2 aromatic rings. The first-order valence-electron chi connectivity index (χ1n) is 6.52.